The van der Waals surface area contributed by atoms with Gasteiger partial charge in [-0.25, -0.2) is 0 Å². The van der Waals surface area contributed by atoms with E-state index in [1.54, 1.807) is 0 Å². The van der Waals surface area contributed by atoms with Gasteiger partial charge >= 0.3 is 5.97 Å². The summed E-state index contributed by atoms with van der Waals surface area (Å²) in [5, 5.41) is 72.3. The van der Waals surface area contributed by atoms with Gasteiger partial charge in [0.2, 0.25) is 0 Å². The average molecular weight is 1040 g/mol. The van der Waals surface area contributed by atoms with Crippen LogP contribution in [-0.4, -0.2) is 142 Å². The highest BCUT2D eigenvalue weighted by Crippen LogP contribution is 2.27. The van der Waals surface area contributed by atoms with Crippen molar-refractivity contribution >= 4 is 5.97 Å². The Kier molecular flexibility index (Phi) is 42.7. The van der Waals surface area contributed by atoms with Gasteiger partial charge in [0.25, 0.3) is 0 Å². The summed E-state index contributed by atoms with van der Waals surface area (Å²) in [5.41, 5.74) is 0. The van der Waals surface area contributed by atoms with Gasteiger partial charge < -0.3 is 64.2 Å². The summed E-state index contributed by atoms with van der Waals surface area (Å²) >= 11 is 0. The second-order valence-electron chi connectivity index (χ2n) is 20.8. The molecule has 2 aliphatic rings. The Bertz CT molecular complexity index is 1350. The molecule has 0 aliphatic carbocycles. The number of aliphatic hydroxyl groups is 7. The Morgan fingerprint density at radius 1 is 0.452 bits per heavy atom. The molecule has 2 fully saturated rings. The van der Waals surface area contributed by atoms with Crippen LogP contribution in [-0.2, 0) is 33.2 Å². The molecule has 2 saturated heterocycles. The highest BCUT2D eigenvalue weighted by molar-refractivity contribution is 5.69. The fourth-order valence-corrected chi connectivity index (χ4v) is 9.35. The maximum Gasteiger partial charge on any atom is 0.306 e. The molecule has 73 heavy (non-hydrogen) atoms. The second-order valence-corrected chi connectivity index (χ2v) is 20.8. The van der Waals surface area contributed by atoms with Crippen LogP contribution in [0.25, 0.3) is 0 Å². The largest absolute Gasteiger partial charge is 0.457 e. The lowest BCUT2D eigenvalue weighted by atomic mass is 9.98. The number of hydrogen-bond acceptors (Lipinski definition) is 14. The predicted octanol–water partition coefficient (Wildman–Crippen LogP) is 10.5. The Morgan fingerprint density at radius 3 is 1.33 bits per heavy atom. The zero-order chi connectivity index (χ0) is 53.0. The first-order chi connectivity index (χ1) is 35.6. The Hall–Kier alpha value is -1.79. The quantitative estimate of drug-likeness (QED) is 0.0172. The van der Waals surface area contributed by atoms with Gasteiger partial charge in [-0.2, -0.15) is 0 Å². The molecular formula is C59H108O14. The fraction of sp³-hybridized carbons (Fsp3) is 0.881. The molecule has 0 spiro atoms. The minimum atomic E-state index is -1.71. The van der Waals surface area contributed by atoms with E-state index in [0.717, 1.165) is 70.6 Å². The van der Waals surface area contributed by atoms with Gasteiger partial charge in [0.05, 0.1) is 26.4 Å². The average Bonchev–Trinajstić information content (AvgIpc) is 3.39. The fourth-order valence-electron chi connectivity index (χ4n) is 9.35. The third kappa shape index (κ3) is 33.2. The van der Waals surface area contributed by atoms with E-state index >= 15 is 0 Å². The monoisotopic (exact) mass is 1040 g/mol. The minimum absolute atomic E-state index is 0.0593. The summed E-state index contributed by atoms with van der Waals surface area (Å²) in [6.07, 6.45) is 37.7. The summed E-state index contributed by atoms with van der Waals surface area (Å²) in [6, 6.07) is 0. The lowest BCUT2D eigenvalue weighted by molar-refractivity contribution is -0.332. The number of hydrogen-bond donors (Lipinski definition) is 7. The van der Waals surface area contributed by atoms with E-state index in [4.69, 9.17) is 28.4 Å². The van der Waals surface area contributed by atoms with E-state index in [2.05, 4.69) is 50.3 Å². The van der Waals surface area contributed by atoms with Crippen LogP contribution in [0, 0.1) is 0 Å². The second kappa shape index (κ2) is 46.3. The third-order valence-electron chi connectivity index (χ3n) is 14.2. The first kappa shape index (κ1) is 67.3. The molecule has 2 aliphatic heterocycles. The highest BCUT2D eigenvalue weighted by atomic mass is 16.7. The summed E-state index contributed by atoms with van der Waals surface area (Å²) in [7, 11) is 0. The molecule has 0 saturated carbocycles. The SMILES string of the molecule is CCCCCCC/C=C\C/C=C\C/C=C\CCCCCCCCC(=O)OC(COCCCCCCCCCCCCCCCCCCCC)COC1OC(COC2OC(CO)C(O)C(O)C2O)C(O)C(O)C1O. The molecule has 0 aromatic rings. The van der Waals surface area contributed by atoms with Gasteiger partial charge in [-0.05, 0) is 51.4 Å². The molecule has 0 aromatic carbocycles. The van der Waals surface area contributed by atoms with Crippen molar-refractivity contribution in [3.8, 4) is 0 Å². The molecule has 11 atom stereocenters. The molecular weight excluding hydrogens is 933 g/mol. The number of unbranched alkanes of at least 4 members (excludes halogenated alkanes) is 28. The van der Waals surface area contributed by atoms with E-state index in [0.29, 0.717) is 13.0 Å². The molecule has 0 radical (unpaired) electrons. The molecule has 0 amide bonds. The third-order valence-corrected chi connectivity index (χ3v) is 14.2. The molecule has 0 aromatic heterocycles. The van der Waals surface area contributed by atoms with E-state index in [1.165, 1.54) is 135 Å². The topological polar surface area (TPSA) is 214 Å². The van der Waals surface area contributed by atoms with E-state index in [-0.39, 0.29) is 25.6 Å². The molecule has 11 unspecified atom stereocenters. The van der Waals surface area contributed by atoms with Crippen molar-refractivity contribution in [2.75, 3.05) is 33.0 Å². The van der Waals surface area contributed by atoms with Gasteiger partial charge in [0, 0.05) is 13.0 Å². The van der Waals surface area contributed by atoms with Gasteiger partial charge in [-0.15, -0.1) is 0 Å². The standard InChI is InChI=1S/C59H108O14/c1-3-5-7-9-11-13-15-17-19-21-23-24-25-26-28-30-32-34-36-38-40-42-51(61)71-48(45-68-43-41-39-37-35-33-31-29-27-22-20-18-16-14-12-10-8-6-4-2)46-69-58-57(67)55(65)53(63)50(73-58)47-70-59-56(66)54(64)52(62)49(44-60)72-59/h15,17,21,23,25-26,48-50,52-60,62-67H,3-14,16,18-20,22,24,27-47H2,1-2H3/b17-15-,23-21-,26-25-. The van der Waals surface area contributed by atoms with Crippen molar-refractivity contribution in [2.45, 2.75) is 300 Å². The predicted molar refractivity (Wildman–Crippen MR) is 289 cm³/mol. The number of allylic oxidation sites excluding steroid dienone is 6. The van der Waals surface area contributed by atoms with Crippen LogP contribution < -0.4 is 0 Å². The van der Waals surface area contributed by atoms with Crippen LogP contribution in [0.2, 0.25) is 0 Å². The van der Waals surface area contributed by atoms with Crippen LogP contribution >= 0.6 is 0 Å². The van der Waals surface area contributed by atoms with Crippen molar-refractivity contribution in [2.24, 2.45) is 0 Å². The van der Waals surface area contributed by atoms with Crippen LogP contribution in [0.15, 0.2) is 36.5 Å². The van der Waals surface area contributed by atoms with Gasteiger partial charge in [-0.3, -0.25) is 4.79 Å². The van der Waals surface area contributed by atoms with Crippen molar-refractivity contribution in [3.05, 3.63) is 36.5 Å². The number of carbonyl (C=O) groups excluding carboxylic acids is 1. The summed E-state index contributed by atoms with van der Waals surface area (Å²) in [4.78, 5) is 13.1. The van der Waals surface area contributed by atoms with E-state index in [9.17, 15) is 40.5 Å². The van der Waals surface area contributed by atoms with Crippen molar-refractivity contribution in [3.63, 3.8) is 0 Å². The Labute approximate surface area is 442 Å². The minimum Gasteiger partial charge on any atom is -0.457 e. The number of rotatable bonds is 48. The number of esters is 1. The Morgan fingerprint density at radius 2 is 0.849 bits per heavy atom. The number of carbonyl (C=O) groups is 1. The molecule has 14 heteroatoms. The lowest BCUT2D eigenvalue weighted by Crippen LogP contribution is -2.61. The zero-order valence-electron chi connectivity index (χ0n) is 45.9. The van der Waals surface area contributed by atoms with E-state index < -0.39 is 80.7 Å². The highest BCUT2D eigenvalue weighted by Gasteiger charge is 2.47. The number of ether oxygens (including phenoxy) is 6. The molecule has 14 nitrogen and oxygen atoms in total. The molecule has 2 rings (SSSR count). The normalized spacial score (nSPS) is 25.2. The maximum absolute atomic E-state index is 13.1. The van der Waals surface area contributed by atoms with Crippen LogP contribution in [0.5, 0.6) is 0 Å². The van der Waals surface area contributed by atoms with E-state index in [1.807, 2.05) is 0 Å². The van der Waals surface area contributed by atoms with Crippen LogP contribution in [0.1, 0.15) is 232 Å². The molecule has 0 bridgehead atoms. The van der Waals surface area contributed by atoms with Crippen molar-refractivity contribution < 1.29 is 69.0 Å². The van der Waals surface area contributed by atoms with Gasteiger partial charge in [0.1, 0.15) is 54.9 Å². The van der Waals surface area contributed by atoms with Gasteiger partial charge in [0.15, 0.2) is 12.6 Å². The van der Waals surface area contributed by atoms with Crippen LogP contribution in [0.4, 0.5) is 0 Å². The molecule has 2 heterocycles. The van der Waals surface area contributed by atoms with Gasteiger partial charge in [-0.1, -0.05) is 211 Å². The van der Waals surface area contributed by atoms with Crippen LogP contribution in [0.3, 0.4) is 0 Å². The summed E-state index contributed by atoms with van der Waals surface area (Å²) in [6.45, 7) is 3.70. The Balaban J connectivity index is 1.72. The zero-order valence-corrected chi connectivity index (χ0v) is 45.9. The maximum atomic E-state index is 13.1. The smallest absolute Gasteiger partial charge is 0.306 e. The van der Waals surface area contributed by atoms with Crippen molar-refractivity contribution in [1.29, 1.82) is 0 Å². The lowest BCUT2D eigenvalue weighted by Gasteiger charge is -2.42. The summed E-state index contributed by atoms with van der Waals surface area (Å²) in [5.74, 6) is -0.384. The molecule has 428 valence electrons. The number of aliphatic hydroxyl groups excluding tert-OH is 7. The summed E-state index contributed by atoms with van der Waals surface area (Å²) < 4.78 is 34.4. The van der Waals surface area contributed by atoms with Crippen molar-refractivity contribution in [1.82, 2.24) is 0 Å². The molecule has 7 N–H and O–H groups in total. The first-order valence-corrected chi connectivity index (χ1v) is 29.6. The first-order valence-electron chi connectivity index (χ1n) is 29.6.